The molecule has 0 fully saturated rings. The fourth-order valence-corrected chi connectivity index (χ4v) is 4.42. The van der Waals surface area contributed by atoms with Crippen molar-refractivity contribution in [2.24, 2.45) is 11.8 Å². The molecule has 0 aliphatic rings. The first kappa shape index (κ1) is 29.3. The van der Waals surface area contributed by atoms with Crippen LogP contribution in [-0.4, -0.2) is 40.9 Å². The van der Waals surface area contributed by atoms with Gasteiger partial charge in [-0.1, -0.05) is 63.1 Å². The number of unbranched alkanes of at least 4 members (excludes halogenated alkanes) is 1. The second-order valence-electron chi connectivity index (χ2n) is 9.61. The average Bonchev–Trinajstić information content (AvgIpc) is 2.84. The number of hydrogen-bond acceptors (Lipinski definition) is 4. The van der Waals surface area contributed by atoms with Crippen LogP contribution in [0.2, 0.25) is 5.02 Å². The zero-order chi connectivity index (χ0) is 26.7. The van der Waals surface area contributed by atoms with E-state index in [0.29, 0.717) is 24.5 Å². The van der Waals surface area contributed by atoms with Gasteiger partial charge in [-0.3, -0.25) is 19.6 Å². The SMILES string of the molecule is CCCCN(Cc1cccc(-c2ccc(Cl)cc2C)c1)C(=O)CNC(=O)C(CC(=O)NO)CC(C)C. The van der Waals surface area contributed by atoms with Crippen LogP contribution < -0.4 is 10.8 Å². The Morgan fingerprint density at radius 3 is 2.50 bits per heavy atom. The van der Waals surface area contributed by atoms with Crippen LogP contribution in [0.3, 0.4) is 0 Å². The van der Waals surface area contributed by atoms with Gasteiger partial charge in [-0.2, -0.15) is 0 Å². The Labute approximate surface area is 219 Å². The number of aryl methyl sites for hydroxylation is 1. The van der Waals surface area contributed by atoms with Crippen LogP contribution in [0.15, 0.2) is 42.5 Å². The maximum absolute atomic E-state index is 13.1. The highest BCUT2D eigenvalue weighted by Crippen LogP contribution is 2.27. The molecule has 3 N–H and O–H groups in total. The van der Waals surface area contributed by atoms with Crippen LogP contribution in [0, 0.1) is 18.8 Å². The molecular weight excluding hydrogens is 478 g/mol. The fraction of sp³-hybridized carbons (Fsp3) is 0.464. The van der Waals surface area contributed by atoms with Crippen LogP contribution in [-0.2, 0) is 20.9 Å². The van der Waals surface area contributed by atoms with E-state index in [0.717, 1.165) is 35.1 Å². The number of hydroxylamine groups is 1. The largest absolute Gasteiger partial charge is 0.347 e. The molecule has 196 valence electrons. The molecule has 0 spiro atoms. The van der Waals surface area contributed by atoms with Crippen LogP contribution in [0.4, 0.5) is 0 Å². The summed E-state index contributed by atoms with van der Waals surface area (Å²) in [7, 11) is 0. The Hall–Kier alpha value is -2.90. The minimum Gasteiger partial charge on any atom is -0.347 e. The maximum Gasteiger partial charge on any atom is 0.244 e. The summed E-state index contributed by atoms with van der Waals surface area (Å²) >= 11 is 6.11. The van der Waals surface area contributed by atoms with Crippen molar-refractivity contribution < 1.29 is 19.6 Å². The molecule has 3 amide bonds. The van der Waals surface area contributed by atoms with Gasteiger partial charge in [0.05, 0.1) is 6.54 Å². The van der Waals surface area contributed by atoms with E-state index in [-0.39, 0.29) is 30.7 Å². The van der Waals surface area contributed by atoms with E-state index in [4.69, 9.17) is 16.8 Å². The summed E-state index contributed by atoms with van der Waals surface area (Å²) in [5.74, 6) is -1.60. The first-order valence-electron chi connectivity index (χ1n) is 12.5. The van der Waals surface area contributed by atoms with Gasteiger partial charge in [-0.15, -0.1) is 0 Å². The van der Waals surface area contributed by atoms with Crippen LogP contribution >= 0.6 is 11.6 Å². The topological polar surface area (TPSA) is 98.7 Å². The van der Waals surface area contributed by atoms with E-state index in [1.165, 1.54) is 0 Å². The van der Waals surface area contributed by atoms with Crippen LogP contribution in [0.25, 0.3) is 11.1 Å². The van der Waals surface area contributed by atoms with E-state index in [1.54, 1.807) is 10.4 Å². The van der Waals surface area contributed by atoms with E-state index in [2.05, 4.69) is 18.3 Å². The molecule has 0 radical (unpaired) electrons. The van der Waals surface area contributed by atoms with Crippen molar-refractivity contribution in [1.82, 2.24) is 15.7 Å². The molecule has 0 aromatic heterocycles. The van der Waals surface area contributed by atoms with E-state index in [1.807, 2.05) is 57.2 Å². The quantitative estimate of drug-likeness (QED) is 0.255. The Morgan fingerprint density at radius 2 is 1.86 bits per heavy atom. The molecule has 1 atom stereocenters. The van der Waals surface area contributed by atoms with Crippen molar-refractivity contribution in [2.45, 2.75) is 59.9 Å². The lowest BCUT2D eigenvalue weighted by Crippen LogP contribution is -2.43. The normalized spacial score (nSPS) is 11.8. The van der Waals surface area contributed by atoms with Crippen molar-refractivity contribution in [3.63, 3.8) is 0 Å². The highest BCUT2D eigenvalue weighted by molar-refractivity contribution is 6.30. The van der Waals surface area contributed by atoms with Gasteiger partial charge < -0.3 is 10.2 Å². The molecule has 1 unspecified atom stereocenters. The standard InChI is InChI=1S/C28H38ClN3O4/c1-5-6-12-32(27(34)17-30-28(35)23(13-19(2)3)16-26(33)31-36)18-21-8-7-9-22(15-21)25-11-10-24(29)14-20(25)4/h7-11,14-15,19,23,36H,5-6,12-13,16-18H2,1-4H3,(H,30,35)(H,31,33). The molecule has 0 saturated carbocycles. The lowest BCUT2D eigenvalue weighted by molar-refractivity contribution is -0.137. The Balaban J connectivity index is 2.11. The molecule has 0 aliphatic carbocycles. The minimum absolute atomic E-state index is 0.134. The van der Waals surface area contributed by atoms with Crippen molar-refractivity contribution in [2.75, 3.05) is 13.1 Å². The number of carbonyl (C=O) groups excluding carboxylic acids is 3. The van der Waals surface area contributed by atoms with Gasteiger partial charge in [0.15, 0.2) is 0 Å². The number of carbonyl (C=O) groups is 3. The molecule has 0 heterocycles. The first-order valence-corrected chi connectivity index (χ1v) is 12.9. The molecule has 0 saturated heterocycles. The van der Waals surface area contributed by atoms with E-state index in [9.17, 15) is 14.4 Å². The van der Waals surface area contributed by atoms with Gasteiger partial charge in [-0.25, -0.2) is 5.48 Å². The van der Waals surface area contributed by atoms with Crippen molar-refractivity contribution in [3.8, 4) is 11.1 Å². The third-order valence-electron chi connectivity index (χ3n) is 6.03. The maximum atomic E-state index is 13.1. The lowest BCUT2D eigenvalue weighted by Gasteiger charge is -2.24. The average molecular weight is 516 g/mol. The third kappa shape index (κ3) is 9.28. The fourth-order valence-electron chi connectivity index (χ4n) is 4.19. The molecule has 0 bridgehead atoms. The molecule has 8 heteroatoms. The second kappa shape index (κ2) is 14.6. The zero-order valence-corrected chi connectivity index (χ0v) is 22.4. The Kier molecular flexibility index (Phi) is 11.9. The Bertz CT molecular complexity index is 1040. The van der Waals surface area contributed by atoms with Gasteiger partial charge in [0.25, 0.3) is 0 Å². The third-order valence-corrected chi connectivity index (χ3v) is 6.27. The summed E-state index contributed by atoms with van der Waals surface area (Å²) in [4.78, 5) is 39.2. The molecule has 2 rings (SSSR count). The predicted molar refractivity (Wildman–Crippen MR) is 142 cm³/mol. The van der Waals surface area contributed by atoms with Gasteiger partial charge in [0.1, 0.15) is 0 Å². The molecule has 2 aromatic rings. The number of benzene rings is 2. The predicted octanol–water partition coefficient (Wildman–Crippen LogP) is 5.12. The van der Waals surface area contributed by atoms with Crippen molar-refractivity contribution >= 4 is 29.3 Å². The summed E-state index contributed by atoms with van der Waals surface area (Å²) in [6.45, 7) is 8.85. The number of hydrogen-bond donors (Lipinski definition) is 3. The zero-order valence-electron chi connectivity index (χ0n) is 21.6. The Morgan fingerprint density at radius 1 is 1.11 bits per heavy atom. The van der Waals surface area contributed by atoms with Gasteiger partial charge in [-0.05, 0) is 66.1 Å². The van der Waals surface area contributed by atoms with Crippen LogP contribution in [0.5, 0.6) is 0 Å². The summed E-state index contributed by atoms with van der Waals surface area (Å²) in [6, 6.07) is 13.9. The molecule has 36 heavy (non-hydrogen) atoms. The number of halogens is 1. The van der Waals surface area contributed by atoms with Crippen LogP contribution in [0.1, 0.15) is 57.6 Å². The van der Waals surface area contributed by atoms with Gasteiger partial charge in [0.2, 0.25) is 17.7 Å². The number of rotatable bonds is 13. The molecule has 7 nitrogen and oxygen atoms in total. The lowest BCUT2D eigenvalue weighted by atomic mass is 9.93. The van der Waals surface area contributed by atoms with Crippen molar-refractivity contribution in [3.05, 3.63) is 58.6 Å². The van der Waals surface area contributed by atoms with Gasteiger partial charge >= 0.3 is 0 Å². The van der Waals surface area contributed by atoms with E-state index < -0.39 is 11.8 Å². The van der Waals surface area contributed by atoms with Gasteiger partial charge in [0, 0.05) is 30.5 Å². The molecule has 0 aliphatic heterocycles. The summed E-state index contributed by atoms with van der Waals surface area (Å²) in [6.07, 6.45) is 2.13. The summed E-state index contributed by atoms with van der Waals surface area (Å²) in [5, 5.41) is 12.2. The molecule has 2 aromatic carbocycles. The molecular formula is C28H38ClN3O4. The smallest absolute Gasteiger partial charge is 0.244 e. The highest BCUT2D eigenvalue weighted by atomic mass is 35.5. The summed E-state index contributed by atoms with van der Waals surface area (Å²) in [5.41, 5.74) is 5.79. The van der Waals surface area contributed by atoms with E-state index >= 15 is 0 Å². The minimum atomic E-state index is -0.623. The number of amides is 3. The monoisotopic (exact) mass is 515 g/mol. The summed E-state index contributed by atoms with van der Waals surface area (Å²) < 4.78 is 0. The van der Waals surface area contributed by atoms with Crippen molar-refractivity contribution in [1.29, 1.82) is 0 Å². The first-order chi connectivity index (χ1) is 17.1. The second-order valence-corrected chi connectivity index (χ2v) is 10.0. The number of nitrogens with zero attached hydrogens (tertiary/aromatic N) is 1. The highest BCUT2D eigenvalue weighted by Gasteiger charge is 2.24. The number of nitrogens with one attached hydrogen (secondary N) is 2.